The number of hydrogen-bond donors (Lipinski definition) is 0. The third-order valence-corrected chi connectivity index (χ3v) is 5.58. The molecule has 1 aromatic carbocycles. The number of imidazole rings is 1. The van der Waals surface area contributed by atoms with Crippen LogP contribution in [-0.4, -0.2) is 37.8 Å². The minimum atomic E-state index is 0.459. The Labute approximate surface area is 157 Å². The maximum Gasteiger partial charge on any atom is 0.263 e. The number of rotatable bonds is 2. The van der Waals surface area contributed by atoms with Gasteiger partial charge in [-0.2, -0.15) is 4.98 Å². The van der Waals surface area contributed by atoms with Gasteiger partial charge < -0.3 is 14.0 Å². The molecule has 5 rings (SSSR count). The summed E-state index contributed by atoms with van der Waals surface area (Å²) in [6.07, 6.45) is 2.10. The van der Waals surface area contributed by atoms with Crippen molar-refractivity contribution in [3.05, 3.63) is 41.6 Å². The van der Waals surface area contributed by atoms with Crippen molar-refractivity contribution in [2.45, 2.75) is 32.6 Å². The molecule has 1 saturated heterocycles. The number of piperidine rings is 1. The van der Waals surface area contributed by atoms with Gasteiger partial charge in [0.25, 0.3) is 5.71 Å². The van der Waals surface area contributed by atoms with E-state index in [1.165, 1.54) is 11.3 Å². The normalized spacial score (nSPS) is 15.9. The Morgan fingerprint density at radius 1 is 1.04 bits per heavy atom. The predicted molar refractivity (Wildman–Crippen MR) is 104 cm³/mol. The van der Waals surface area contributed by atoms with E-state index in [1.807, 2.05) is 19.9 Å². The third kappa shape index (κ3) is 2.57. The highest BCUT2D eigenvalue weighted by atomic mass is 16.5. The summed E-state index contributed by atoms with van der Waals surface area (Å²) in [5.41, 5.74) is 3.69. The first-order chi connectivity index (χ1) is 13.1. The summed E-state index contributed by atoms with van der Waals surface area (Å²) >= 11 is 0. The van der Waals surface area contributed by atoms with E-state index < -0.39 is 0 Å². The van der Waals surface area contributed by atoms with Crippen LogP contribution in [-0.2, 0) is 7.05 Å². The summed E-state index contributed by atoms with van der Waals surface area (Å²) in [4.78, 5) is 16.3. The number of nitrogens with zero attached hydrogens (tertiary/aromatic N) is 6. The fraction of sp³-hybridized carbons (Fsp3) is 0.400. The lowest BCUT2D eigenvalue weighted by molar-refractivity contribution is 0.442. The number of para-hydroxylation sites is 2. The van der Waals surface area contributed by atoms with Crippen LogP contribution < -0.4 is 4.90 Å². The zero-order chi connectivity index (χ0) is 18.5. The summed E-state index contributed by atoms with van der Waals surface area (Å²) in [7, 11) is 2.12. The SMILES string of the molecule is Cc1nc(N2CCC(c3nc4ccccc4n3C)CC2)c2c(C)noc2n1. The maximum atomic E-state index is 5.36. The molecule has 1 fully saturated rings. The van der Waals surface area contributed by atoms with Crippen molar-refractivity contribution in [2.24, 2.45) is 7.05 Å². The van der Waals surface area contributed by atoms with Crippen molar-refractivity contribution >= 4 is 28.0 Å². The fourth-order valence-corrected chi connectivity index (χ4v) is 4.18. The van der Waals surface area contributed by atoms with E-state index >= 15 is 0 Å². The summed E-state index contributed by atoms with van der Waals surface area (Å²) in [5.74, 6) is 3.30. The van der Waals surface area contributed by atoms with Gasteiger partial charge in [0.2, 0.25) is 0 Å². The molecule has 4 heterocycles. The van der Waals surface area contributed by atoms with Crippen molar-refractivity contribution in [3.63, 3.8) is 0 Å². The van der Waals surface area contributed by atoms with E-state index in [0.29, 0.717) is 17.5 Å². The number of hydrogen-bond acceptors (Lipinski definition) is 6. The highest BCUT2D eigenvalue weighted by Gasteiger charge is 2.27. The van der Waals surface area contributed by atoms with Gasteiger partial charge in [0.1, 0.15) is 22.9 Å². The van der Waals surface area contributed by atoms with Crippen LogP contribution in [0.1, 0.15) is 36.1 Å². The maximum absolute atomic E-state index is 5.36. The number of aryl methyl sites for hydroxylation is 3. The smallest absolute Gasteiger partial charge is 0.263 e. The van der Waals surface area contributed by atoms with Crippen molar-refractivity contribution in [2.75, 3.05) is 18.0 Å². The van der Waals surface area contributed by atoms with Crippen LogP contribution in [0.25, 0.3) is 22.1 Å². The van der Waals surface area contributed by atoms with Gasteiger partial charge >= 0.3 is 0 Å². The van der Waals surface area contributed by atoms with Gasteiger partial charge in [0.15, 0.2) is 0 Å². The fourth-order valence-electron chi connectivity index (χ4n) is 4.18. The molecule has 0 spiro atoms. The van der Waals surface area contributed by atoms with Crippen molar-refractivity contribution in [1.82, 2.24) is 24.7 Å². The molecule has 0 radical (unpaired) electrons. The molecule has 0 bridgehead atoms. The van der Waals surface area contributed by atoms with E-state index in [0.717, 1.165) is 48.3 Å². The van der Waals surface area contributed by atoms with Gasteiger partial charge in [0, 0.05) is 26.1 Å². The molecule has 0 N–H and O–H groups in total. The van der Waals surface area contributed by atoms with Crippen LogP contribution in [0, 0.1) is 13.8 Å². The second-order valence-electron chi connectivity index (χ2n) is 7.32. The zero-order valence-corrected chi connectivity index (χ0v) is 15.8. The van der Waals surface area contributed by atoms with Gasteiger partial charge in [0.05, 0.1) is 16.7 Å². The predicted octanol–water partition coefficient (Wildman–Crippen LogP) is 3.51. The molecule has 0 amide bonds. The lowest BCUT2D eigenvalue weighted by Crippen LogP contribution is -2.34. The van der Waals surface area contributed by atoms with E-state index in [-0.39, 0.29) is 0 Å². The zero-order valence-electron chi connectivity index (χ0n) is 15.8. The molecule has 4 aromatic rings. The number of anilines is 1. The van der Waals surface area contributed by atoms with E-state index in [9.17, 15) is 0 Å². The summed E-state index contributed by atoms with van der Waals surface area (Å²) in [6, 6.07) is 8.34. The minimum Gasteiger partial charge on any atom is -0.356 e. The first kappa shape index (κ1) is 16.2. The van der Waals surface area contributed by atoms with E-state index in [2.05, 4.69) is 44.9 Å². The van der Waals surface area contributed by atoms with Gasteiger partial charge in [-0.1, -0.05) is 17.3 Å². The highest BCUT2D eigenvalue weighted by Crippen LogP contribution is 2.34. The second kappa shape index (κ2) is 6.04. The highest BCUT2D eigenvalue weighted by molar-refractivity contribution is 5.88. The van der Waals surface area contributed by atoms with Crippen LogP contribution in [0.2, 0.25) is 0 Å². The lowest BCUT2D eigenvalue weighted by Gasteiger charge is -2.32. The monoisotopic (exact) mass is 362 g/mol. The van der Waals surface area contributed by atoms with Crippen molar-refractivity contribution in [3.8, 4) is 0 Å². The standard InChI is InChI=1S/C20H22N6O/c1-12-17-19(21-13(2)22-20(17)27-24-12)26-10-8-14(9-11-26)18-23-15-6-4-5-7-16(15)25(18)3/h4-7,14H,8-11H2,1-3H3. The van der Waals surface area contributed by atoms with Crippen molar-refractivity contribution < 1.29 is 4.52 Å². The molecular formula is C20H22N6O. The Bertz CT molecular complexity index is 1140. The first-order valence-electron chi connectivity index (χ1n) is 9.38. The number of benzene rings is 1. The molecule has 138 valence electrons. The first-order valence-corrected chi connectivity index (χ1v) is 9.38. The Hall–Kier alpha value is -2.96. The summed E-state index contributed by atoms with van der Waals surface area (Å²) in [6.45, 7) is 5.71. The van der Waals surface area contributed by atoms with Crippen LogP contribution >= 0.6 is 0 Å². The molecule has 3 aromatic heterocycles. The lowest BCUT2D eigenvalue weighted by atomic mass is 9.95. The molecule has 7 nitrogen and oxygen atoms in total. The second-order valence-corrected chi connectivity index (χ2v) is 7.32. The molecule has 0 unspecified atom stereocenters. The molecule has 0 aliphatic carbocycles. The third-order valence-electron chi connectivity index (χ3n) is 5.58. The van der Waals surface area contributed by atoms with E-state index in [4.69, 9.17) is 14.5 Å². The minimum absolute atomic E-state index is 0.459. The van der Waals surface area contributed by atoms with Crippen LogP contribution in [0.5, 0.6) is 0 Å². The Morgan fingerprint density at radius 2 is 1.81 bits per heavy atom. The summed E-state index contributed by atoms with van der Waals surface area (Å²) in [5, 5.41) is 5.01. The topological polar surface area (TPSA) is 72.9 Å². The average molecular weight is 362 g/mol. The van der Waals surface area contributed by atoms with Crippen LogP contribution in [0.15, 0.2) is 28.8 Å². The van der Waals surface area contributed by atoms with Gasteiger partial charge in [-0.25, -0.2) is 9.97 Å². The summed E-state index contributed by atoms with van der Waals surface area (Å²) < 4.78 is 7.60. The Balaban J connectivity index is 1.43. The quantitative estimate of drug-likeness (QED) is 0.543. The van der Waals surface area contributed by atoms with Gasteiger partial charge in [-0.3, -0.25) is 0 Å². The molecule has 1 aliphatic rings. The largest absolute Gasteiger partial charge is 0.356 e. The Morgan fingerprint density at radius 3 is 2.59 bits per heavy atom. The molecular weight excluding hydrogens is 340 g/mol. The molecule has 1 aliphatic heterocycles. The van der Waals surface area contributed by atoms with E-state index in [1.54, 1.807) is 0 Å². The van der Waals surface area contributed by atoms with Crippen LogP contribution in [0.4, 0.5) is 5.82 Å². The molecule has 27 heavy (non-hydrogen) atoms. The Kier molecular flexibility index (Phi) is 3.63. The van der Waals surface area contributed by atoms with Crippen molar-refractivity contribution in [1.29, 1.82) is 0 Å². The average Bonchev–Trinajstić information content (AvgIpc) is 3.22. The van der Waals surface area contributed by atoms with Gasteiger partial charge in [-0.05, 0) is 38.8 Å². The van der Waals surface area contributed by atoms with Gasteiger partial charge in [-0.15, -0.1) is 0 Å². The molecule has 0 saturated carbocycles. The van der Waals surface area contributed by atoms with Crippen LogP contribution in [0.3, 0.4) is 0 Å². The molecule has 7 heteroatoms. The molecule has 0 atom stereocenters. The number of aromatic nitrogens is 5. The number of fused-ring (bicyclic) bond motifs is 2.